The first kappa shape index (κ1) is 17.5. The highest BCUT2D eigenvalue weighted by molar-refractivity contribution is 6.32. The Morgan fingerprint density at radius 1 is 1.35 bits per heavy atom. The monoisotopic (exact) mass is 374 g/mol. The number of hydrogen-bond donors (Lipinski definition) is 1. The zero-order valence-corrected chi connectivity index (χ0v) is 15.6. The lowest BCUT2D eigenvalue weighted by atomic mass is 9.95. The predicted molar refractivity (Wildman–Crippen MR) is 99.3 cm³/mol. The SMILES string of the molecule is COCCCOc1cc2c(cc1Cl)C(NC1CC1)=CC(C1(C#N)CC1)O2. The van der Waals surface area contributed by atoms with E-state index in [4.69, 9.17) is 25.8 Å². The molecule has 6 heteroatoms. The second kappa shape index (κ2) is 7.02. The van der Waals surface area contributed by atoms with Crippen LogP contribution in [0.2, 0.25) is 5.02 Å². The number of fused-ring (bicyclic) bond motifs is 1. The number of halogens is 1. The summed E-state index contributed by atoms with van der Waals surface area (Å²) in [6, 6.07) is 6.70. The fraction of sp³-hybridized carbons (Fsp3) is 0.550. The van der Waals surface area contributed by atoms with Crippen molar-refractivity contribution < 1.29 is 14.2 Å². The second-order valence-electron chi connectivity index (χ2n) is 7.28. The van der Waals surface area contributed by atoms with Crippen LogP contribution in [0.3, 0.4) is 0 Å². The normalized spacial score (nSPS) is 22.5. The number of ether oxygens (including phenoxy) is 3. The van der Waals surface area contributed by atoms with Crippen LogP contribution in [-0.2, 0) is 4.74 Å². The molecular weight excluding hydrogens is 352 g/mol. The van der Waals surface area contributed by atoms with Crippen LogP contribution in [0.4, 0.5) is 0 Å². The topological polar surface area (TPSA) is 63.5 Å². The largest absolute Gasteiger partial charge is 0.492 e. The van der Waals surface area contributed by atoms with Crippen molar-refractivity contribution in [2.24, 2.45) is 5.41 Å². The van der Waals surface area contributed by atoms with Gasteiger partial charge in [0.05, 0.1) is 23.1 Å². The van der Waals surface area contributed by atoms with E-state index < -0.39 is 5.41 Å². The van der Waals surface area contributed by atoms with E-state index in [0.717, 1.165) is 36.3 Å². The zero-order valence-electron chi connectivity index (χ0n) is 14.9. The van der Waals surface area contributed by atoms with E-state index in [0.29, 0.717) is 30.0 Å². The third-order valence-electron chi connectivity index (χ3n) is 5.14. The van der Waals surface area contributed by atoms with Gasteiger partial charge in [-0.1, -0.05) is 11.6 Å². The molecule has 1 N–H and O–H groups in total. The lowest BCUT2D eigenvalue weighted by Crippen LogP contribution is -2.31. The average Bonchev–Trinajstić information content (AvgIpc) is 3.54. The standard InChI is InChI=1S/C20H23ClN2O3/c1-24-7-2-8-25-18-11-17-14(9-15(18)21)16(23-13-3-4-13)10-19(26-17)20(12-22)5-6-20/h9-11,13,19,23H,2-8H2,1H3. The molecule has 1 aromatic rings. The van der Waals surface area contributed by atoms with Crippen LogP contribution in [0.25, 0.3) is 5.70 Å². The molecule has 138 valence electrons. The maximum Gasteiger partial charge on any atom is 0.141 e. The molecule has 2 aliphatic carbocycles. The molecule has 1 heterocycles. The van der Waals surface area contributed by atoms with Gasteiger partial charge >= 0.3 is 0 Å². The Labute approximate surface area is 158 Å². The molecule has 0 aromatic heterocycles. The molecule has 1 aromatic carbocycles. The van der Waals surface area contributed by atoms with Crippen molar-refractivity contribution in [1.82, 2.24) is 5.32 Å². The minimum atomic E-state index is -0.396. The molecule has 26 heavy (non-hydrogen) atoms. The summed E-state index contributed by atoms with van der Waals surface area (Å²) >= 11 is 6.44. The van der Waals surface area contributed by atoms with Crippen molar-refractivity contribution in [2.45, 2.75) is 44.2 Å². The molecule has 2 fully saturated rings. The van der Waals surface area contributed by atoms with E-state index in [1.165, 1.54) is 12.8 Å². The molecule has 5 nitrogen and oxygen atoms in total. The molecular formula is C20H23ClN2O3. The average molecular weight is 375 g/mol. The van der Waals surface area contributed by atoms with Crippen LogP contribution in [0.5, 0.6) is 11.5 Å². The third kappa shape index (κ3) is 3.49. The molecule has 3 aliphatic rings. The van der Waals surface area contributed by atoms with Gasteiger partial charge in [-0.05, 0) is 37.8 Å². The lowest BCUT2D eigenvalue weighted by molar-refractivity contribution is 0.171. The Bertz CT molecular complexity index is 763. The fourth-order valence-electron chi connectivity index (χ4n) is 3.19. The van der Waals surface area contributed by atoms with Crippen molar-refractivity contribution >= 4 is 17.3 Å². The van der Waals surface area contributed by atoms with Crippen molar-refractivity contribution in [3.63, 3.8) is 0 Å². The maximum absolute atomic E-state index is 9.57. The van der Waals surface area contributed by atoms with Gasteiger partial charge < -0.3 is 19.5 Å². The van der Waals surface area contributed by atoms with Gasteiger partial charge in [0.15, 0.2) is 0 Å². The summed E-state index contributed by atoms with van der Waals surface area (Å²) in [6.07, 6.45) is 6.73. The number of nitriles is 1. The van der Waals surface area contributed by atoms with Crippen molar-refractivity contribution in [3.8, 4) is 17.6 Å². The number of methoxy groups -OCH3 is 1. The van der Waals surface area contributed by atoms with Crippen LogP contribution >= 0.6 is 11.6 Å². The number of rotatable bonds is 8. The Hall–Kier alpha value is -1.90. The third-order valence-corrected chi connectivity index (χ3v) is 5.43. The van der Waals surface area contributed by atoms with E-state index >= 15 is 0 Å². The molecule has 1 aliphatic heterocycles. The summed E-state index contributed by atoms with van der Waals surface area (Å²) in [5.41, 5.74) is 1.57. The summed E-state index contributed by atoms with van der Waals surface area (Å²) in [7, 11) is 1.67. The quantitative estimate of drug-likeness (QED) is 0.699. The first-order chi connectivity index (χ1) is 12.6. The Morgan fingerprint density at radius 3 is 2.81 bits per heavy atom. The summed E-state index contributed by atoms with van der Waals surface area (Å²) in [5, 5.41) is 13.7. The van der Waals surface area contributed by atoms with Gasteiger partial charge in [-0.3, -0.25) is 0 Å². The maximum atomic E-state index is 9.57. The minimum absolute atomic E-state index is 0.233. The lowest BCUT2D eigenvalue weighted by Gasteiger charge is -2.29. The van der Waals surface area contributed by atoms with E-state index in [2.05, 4.69) is 17.5 Å². The highest BCUT2D eigenvalue weighted by atomic mass is 35.5. The van der Waals surface area contributed by atoms with Crippen molar-refractivity contribution in [3.05, 3.63) is 28.8 Å². The summed E-state index contributed by atoms with van der Waals surface area (Å²) < 4.78 is 17.0. The van der Waals surface area contributed by atoms with Gasteiger partial charge in [-0.25, -0.2) is 0 Å². The van der Waals surface area contributed by atoms with Gasteiger partial charge in [0.25, 0.3) is 0 Å². The van der Waals surface area contributed by atoms with Crippen LogP contribution in [-0.4, -0.2) is 32.5 Å². The fourth-order valence-corrected chi connectivity index (χ4v) is 3.41. The predicted octanol–water partition coefficient (Wildman–Crippen LogP) is 3.91. The van der Waals surface area contributed by atoms with Crippen LogP contribution < -0.4 is 14.8 Å². The van der Waals surface area contributed by atoms with Crippen LogP contribution in [0.15, 0.2) is 18.2 Å². The second-order valence-corrected chi connectivity index (χ2v) is 7.69. The molecule has 0 amide bonds. The van der Waals surface area contributed by atoms with Crippen molar-refractivity contribution in [2.75, 3.05) is 20.3 Å². The van der Waals surface area contributed by atoms with E-state index in [1.54, 1.807) is 7.11 Å². The molecule has 4 rings (SSSR count). The number of nitrogens with zero attached hydrogens (tertiary/aromatic N) is 1. The highest BCUT2D eigenvalue weighted by Gasteiger charge is 2.52. The summed E-state index contributed by atoms with van der Waals surface area (Å²) in [4.78, 5) is 0. The van der Waals surface area contributed by atoms with Crippen LogP contribution in [0.1, 0.15) is 37.7 Å². The highest BCUT2D eigenvalue weighted by Crippen LogP contribution is 2.52. The Kier molecular flexibility index (Phi) is 4.73. The number of hydrogen-bond acceptors (Lipinski definition) is 5. The van der Waals surface area contributed by atoms with Crippen molar-refractivity contribution in [1.29, 1.82) is 5.26 Å². The smallest absolute Gasteiger partial charge is 0.141 e. The van der Waals surface area contributed by atoms with Gasteiger partial charge in [0.2, 0.25) is 0 Å². The minimum Gasteiger partial charge on any atom is -0.492 e. The molecule has 0 saturated heterocycles. The van der Waals surface area contributed by atoms with Gasteiger partial charge in [-0.2, -0.15) is 5.26 Å². The van der Waals surface area contributed by atoms with Gasteiger partial charge in [0, 0.05) is 43.5 Å². The summed E-state index contributed by atoms with van der Waals surface area (Å²) in [6.45, 7) is 1.17. The molecule has 0 radical (unpaired) electrons. The molecule has 0 bridgehead atoms. The Balaban J connectivity index is 1.60. The molecule has 2 saturated carbocycles. The molecule has 1 atom stereocenters. The Morgan fingerprint density at radius 2 is 2.15 bits per heavy atom. The van der Waals surface area contributed by atoms with E-state index in [9.17, 15) is 5.26 Å². The number of nitrogens with one attached hydrogen (secondary N) is 1. The van der Waals surface area contributed by atoms with Crippen LogP contribution in [0, 0.1) is 16.7 Å². The molecule has 0 spiro atoms. The zero-order chi connectivity index (χ0) is 18.1. The molecule has 1 unspecified atom stereocenters. The first-order valence-electron chi connectivity index (χ1n) is 9.17. The summed E-state index contributed by atoms with van der Waals surface area (Å²) in [5.74, 6) is 1.34. The van der Waals surface area contributed by atoms with Gasteiger partial charge in [-0.15, -0.1) is 0 Å². The first-order valence-corrected chi connectivity index (χ1v) is 9.55. The number of benzene rings is 1. The van der Waals surface area contributed by atoms with E-state index in [1.807, 2.05) is 12.1 Å². The van der Waals surface area contributed by atoms with Gasteiger partial charge in [0.1, 0.15) is 17.6 Å². The van der Waals surface area contributed by atoms with E-state index in [-0.39, 0.29) is 6.10 Å².